The van der Waals surface area contributed by atoms with Gasteiger partial charge in [-0.25, -0.2) is 0 Å². The maximum atomic E-state index is 12.7. The van der Waals surface area contributed by atoms with Crippen LogP contribution in [-0.2, 0) is 9.53 Å². The number of methoxy groups -OCH3 is 1. The fraction of sp³-hybridized carbons (Fsp3) is 0.969. The van der Waals surface area contributed by atoms with Gasteiger partial charge < -0.3 is 29.9 Å². The maximum Gasteiger partial charge on any atom is 0.306 e. The third kappa shape index (κ3) is 4.99. The van der Waals surface area contributed by atoms with Crippen molar-refractivity contribution in [1.29, 1.82) is 0 Å². The van der Waals surface area contributed by atoms with Crippen LogP contribution < -0.4 is 0 Å². The summed E-state index contributed by atoms with van der Waals surface area (Å²) in [6.07, 6.45) is 5.88. The molecule has 2 saturated heterocycles. The Kier molecular flexibility index (Phi) is 8.31. The summed E-state index contributed by atoms with van der Waals surface area (Å²) in [6, 6.07) is 0.240. The normalized spacial score (nSPS) is 48.3. The van der Waals surface area contributed by atoms with Crippen LogP contribution in [0, 0.1) is 28.6 Å². The van der Waals surface area contributed by atoms with Gasteiger partial charge in [0.15, 0.2) is 0 Å². The Balaban J connectivity index is 1.25. The van der Waals surface area contributed by atoms with E-state index in [1.807, 2.05) is 0 Å². The van der Waals surface area contributed by atoms with Gasteiger partial charge in [0.05, 0.1) is 31.3 Å². The van der Waals surface area contributed by atoms with Crippen molar-refractivity contribution in [3.8, 4) is 0 Å². The smallest absolute Gasteiger partial charge is 0.306 e. The van der Waals surface area contributed by atoms with Crippen LogP contribution in [0.1, 0.15) is 65.2 Å². The van der Waals surface area contributed by atoms with E-state index < -0.39 is 11.7 Å². The van der Waals surface area contributed by atoms with Crippen LogP contribution in [0.2, 0.25) is 0 Å². The summed E-state index contributed by atoms with van der Waals surface area (Å²) in [6.45, 7) is 13.1. The molecule has 6 rings (SSSR count). The van der Waals surface area contributed by atoms with Crippen LogP contribution in [0.25, 0.3) is 0 Å². The Hall–Kier alpha value is -0.810. The number of carbonyl (C=O) groups excluding carboxylic acids is 1. The number of likely N-dealkylation sites (N-methyl/N-ethyl adjacent to an activating group) is 1. The highest BCUT2D eigenvalue weighted by Gasteiger charge is 2.69. The molecule has 4 saturated carbocycles. The van der Waals surface area contributed by atoms with E-state index in [1.54, 1.807) is 0 Å². The third-order valence-corrected chi connectivity index (χ3v) is 13.5. The van der Waals surface area contributed by atoms with Gasteiger partial charge in [-0.1, -0.05) is 13.8 Å². The van der Waals surface area contributed by atoms with Gasteiger partial charge in [0.2, 0.25) is 0 Å². The molecule has 0 aromatic rings. The molecule has 9 heteroatoms. The highest BCUT2D eigenvalue weighted by molar-refractivity contribution is 5.69. The maximum absolute atomic E-state index is 12.7. The SMILES string of the molecule is COC(=O)CCN1CCN([C@@H]2C[C@H]3[C@@H]4C[C@H](N5CCN(C)CC5)[C@H](O)[C@@]4(C)CC[C@@H]3[C@@]3(C)CC[C@H](O)C[C@]23O)CC1. The van der Waals surface area contributed by atoms with Crippen molar-refractivity contribution in [1.82, 2.24) is 19.6 Å². The van der Waals surface area contributed by atoms with Crippen molar-refractivity contribution in [2.45, 2.75) is 95.1 Å². The molecule has 0 spiro atoms. The highest BCUT2D eigenvalue weighted by atomic mass is 16.5. The summed E-state index contributed by atoms with van der Waals surface area (Å²) in [5.41, 5.74) is -1.23. The first kappa shape index (κ1) is 30.2. The zero-order chi connectivity index (χ0) is 29.2. The van der Waals surface area contributed by atoms with E-state index in [1.165, 1.54) is 7.11 Å². The quantitative estimate of drug-likeness (QED) is 0.418. The summed E-state index contributed by atoms with van der Waals surface area (Å²) in [5, 5.41) is 35.5. The molecule has 4 aliphatic carbocycles. The van der Waals surface area contributed by atoms with Gasteiger partial charge >= 0.3 is 5.97 Å². The Bertz CT molecular complexity index is 954. The van der Waals surface area contributed by atoms with E-state index >= 15 is 0 Å². The number of esters is 1. The standard InChI is InChI=1S/C32H56N4O5/c1-30-8-6-24-23(25(30)20-26(29(30)39)35-15-11-33(3)12-16-35)19-27(32(40)21-22(37)5-9-31(24,32)2)36-17-13-34(14-18-36)10-7-28(38)41-4/h22-27,29,37,39-40H,5-21H2,1-4H3/t22-,23+,24-,25-,26-,27+,29-,30-,31+,32-/m0/s1. The molecule has 41 heavy (non-hydrogen) atoms. The van der Waals surface area contributed by atoms with E-state index in [0.29, 0.717) is 37.1 Å². The predicted octanol–water partition coefficient (Wildman–Crippen LogP) is 1.25. The van der Waals surface area contributed by atoms with Crippen LogP contribution in [-0.4, -0.2) is 144 Å². The molecule has 234 valence electrons. The summed E-state index contributed by atoms with van der Waals surface area (Å²) < 4.78 is 4.85. The molecule has 9 nitrogen and oxygen atoms in total. The van der Waals surface area contributed by atoms with Crippen molar-refractivity contribution in [2.75, 3.05) is 73.1 Å². The van der Waals surface area contributed by atoms with E-state index in [-0.39, 0.29) is 35.0 Å². The molecule has 0 unspecified atom stereocenters. The molecule has 10 atom stereocenters. The number of rotatable bonds is 5. The minimum absolute atomic E-state index is 0.00800. The number of piperazine rings is 2. The Labute approximate surface area is 247 Å². The largest absolute Gasteiger partial charge is 0.469 e. The fourth-order valence-corrected chi connectivity index (χ4v) is 10.9. The zero-order valence-corrected chi connectivity index (χ0v) is 26.0. The van der Waals surface area contributed by atoms with E-state index in [9.17, 15) is 20.1 Å². The van der Waals surface area contributed by atoms with Crippen molar-refractivity contribution in [2.24, 2.45) is 28.6 Å². The first-order valence-corrected chi connectivity index (χ1v) is 16.5. The first-order chi connectivity index (χ1) is 19.5. The first-order valence-electron chi connectivity index (χ1n) is 16.5. The average Bonchev–Trinajstić information content (AvgIpc) is 3.23. The fourth-order valence-electron chi connectivity index (χ4n) is 10.9. The Morgan fingerprint density at radius 1 is 0.902 bits per heavy atom. The number of aliphatic hydroxyl groups excluding tert-OH is 2. The van der Waals surface area contributed by atoms with Crippen LogP contribution >= 0.6 is 0 Å². The molecule has 2 heterocycles. The lowest BCUT2D eigenvalue weighted by atomic mass is 9.42. The molecule has 3 N–H and O–H groups in total. The van der Waals surface area contributed by atoms with Gasteiger partial charge in [0.25, 0.3) is 0 Å². The summed E-state index contributed by atoms with van der Waals surface area (Å²) in [4.78, 5) is 21.5. The lowest BCUT2D eigenvalue weighted by Gasteiger charge is -2.67. The minimum Gasteiger partial charge on any atom is -0.469 e. The van der Waals surface area contributed by atoms with Crippen molar-refractivity contribution < 1.29 is 24.9 Å². The minimum atomic E-state index is -0.915. The number of nitrogens with zero attached hydrogens (tertiary/aromatic N) is 4. The molecule has 0 aromatic carbocycles. The number of ether oxygens (including phenoxy) is 1. The molecule has 0 radical (unpaired) electrons. The van der Waals surface area contributed by atoms with Gasteiger partial charge in [-0.15, -0.1) is 0 Å². The molecule has 6 aliphatic rings. The predicted molar refractivity (Wildman–Crippen MR) is 157 cm³/mol. The molecular formula is C32H56N4O5. The lowest BCUT2D eigenvalue weighted by molar-refractivity contribution is -0.253. The lowest BCUT2D eigenvalue weighted by Crippen LogP contribution is -2.73. The van der Waals surface area contributed by atoms with Gasteiger partial charge in [-0.05, 0) is 68.7 Å². The van der Waals surface area contributed by atoms with Crippen molar-refractivity contribution >= 4 is 5.97 Å². The van der Waals surface area contributed by atoms with E-state index in [4.69, 9.17) is 4.74 Å². The molecule has 0 bridgehead atoms. The Morgan fingerprint density at radius 3 is 2.27 bits per heavy atom. The molecule has 0 amide bonds. The third-order valence-electron chi connectivity index (χ3n) is 13.5. The molecular weight excluding hydrogens is 520 g/mol. The monoisotopic (exact) mass is 576 g/mol. The van der Waals surface area contributed by atoms with Crippen LogP contribution in [0.5, 0.6) is 0 Å². The highest BCUT2D eigenvalue weighted by Crippen LogP contribution is 2.68. The summed E-state index contributed by atoms with van der Waals surface area (Å²) >= 11 is 0. The number of aliphatic hydroxyl groups is 3. The van der Waals surface area contributed by atoms with Gasteiger partial charge in [-0.2, -0.15) is 0 Å². The number of hydrogen-bond acceptors (Lipinski definition) is 9. The Morgan fingerprint density at radius 2 is 1.59 bits per heavy atom. The van der Waals surface area contributed by atoms with Gasteiger partial charge in [0, 0.05) is 82.8 Å². The van der Waals surface area contributed by atoms with Crippen molar-refractivity contribution in [3.63, 3.8) is 0 Å². The van der Waals surface area contributed by atoms with E-state index in [2.05, 4.69) is 40.5 Å². The number of fused-ring (bicyclic) bond motifs is 5. The van der Waals surface area contributed by atoms with Gasteiger partial charge in [0.1, 0.15) is 0 Å². The van der Waals surface area contributed by atoms with Crippen LogP contribution in [0.15, 0.2) is 0 Å². The zero-order valence-electron chi connectivity index (χ0n) is 26.0. The van der Waals surface area contributed by atoms with E-state index in [0.717, 1.165) is 90.9 Å². The molecule has 6 fully saturated rings. The number of hydrogen-bond donors (Lipinski definition) is 3. The molecule has 2 aliphatic heterocycles. The second-order valence-corrected chi connectivity index (χ2v) is 15.2. The average molecular weight is 577 g/mol. The van der Waals surface area contributed by atoms with Crippen LogP contribution in [0.4, 0.5) is 0 Å². The summed E-state index contributed by atoms with van der Waals surface area (Å²) in [7, 11) is 3.64. The topological polar surface area (TPSA) is 100.0 Å². The molecule has 0 aromatic heterocycles. The van der Waals surface area contributed by atoms with Gasteiger partial charge in [-0.3, -0.25) is 14.6 Å². The summed E-state index contributed by atoms with van der Waals surface area (Å²) in [5.74, 6) is 1.19. The second kappa shape index (κ2) is 11.3. The number of carbonyl (C=O) groups is 1. The second-order valence-electron chi connectivity index (χ2n) is 15.2. The van der Waals surface area contributed by atoms with Crippen LogP contribution in [0.3, 0.4) is 0 Å². The van der Waals surface area contributed by atoms with Crippen molar-refractivity contribution in [3.05, 3.63) is 0 Å².